The van der Waals surface area contributed by atoms with Crippen LogP contribution in [0.1, 0.15) is 51.3 Å². The van der Waals surface area contributed by atoms with E-state index in [-0.39, 0.29) is 0 Å². The molecule has 0 saturated heterocycles. The van der Waals surface area contributed by atoms with Gasteiger partial charge in [0, 0.05) is 25.4 Å². The van der Waals surface area contributed by atoms with Crippen LogP contribution in [0.2, 0.25) is 0 Å². The number of unbranched alkanes of at least 4 members (excludes halogenated alkanes) is 4. The van der Waals surface area contributed by atoms with Gasteiger partial charge in [-0.1, -0.05) is 32.6 Å². The number of rotatable bonds is 9. The molecule has 0 spiro atoms. The number of aromatic nitrogens is 2. The van der Waals surface area contributed by atoms with Crippen LogP contribution < -0.4 is 5.73 Å². The van der Waals surface area contributed by atoms with E-state index in [1.54, 1.807) is 0 Å². The first kappa shape index (κ1) is 13.2. The predicted octanol–water partition coefficient (Wildman–Crippen LogP) is 2.74. The highest BCUT2D eigenvalue weighted by molar-refractivity contribution is 4.92. The maximum atomic E-state index is 5.52. The summed E-state index contributed by atoms with van der Waals surface area (Å²) in [5, 5.41) is 0. The van der Waals surface area contributed by atoms with E-state index in [4.69, 9.17) is 5.73 Å². The molecule has 3 heteroatoms. The van der Waals surface area contributed by atoms with Gasteiger partial charge in [0.2, 0.25) is 0 Å². The molecule has 0 atom stereocenters. The topological polar surface area (TPSA) is 43.8 Å². The van der Waals surface area contributed by atoms with Crippen molar-refractivity contribution in [3.8, 4) is 0 Å². The molecule has 0 unspecified atom stereocenters. The number of imidazole rings is 1. The zero-order valence-corrected chi connectivity index (χ0v) is 10.5. The van der Waals surface area contributed by atoms with Crippen molar-refractivity contribution < 1.29 is 0 Å². The van der Waals surface area contributed by atoms with Gasteiger partial charge in [0.1, 0.15) is 5.82 Å². The Morgan fingerprint density at radius 3 is 2.75 bits per heavy atom. The Balaban J connectivity index is 2.22. The maximum absolute atomic E-state index is 5.52. The monoisotopic (exact) mass is 223 g/mol. The lowest BCUT2D eigenvalue weighted by atomic mass is 10.1. The Kier molecular flexibility index (Phi) is 6.90. The molecular weight excluding hydrogens is 198 g/mol. The van der Waals surface area contributed by atoms with Gasteiger partial charge in [-0.05, 0) is 19.4 Å². The summed E-state index contributed by atoms with van der Waals surface area (Å²) in [6.45, 7) is 4.02. The van der Waals surface area contributed by atoms with Crippen molar-refractivity contribution in [3.05, 3.63) is 18.2 Å². The van der Waals surface area contributed by atoms with Crippen molar-refractivity contribution in [3.63, 3.8) is 0 Å². The Hall–Kier alpha value is -0.830. The highest BCUT2D eigenvalue weighted by Crippen LogP contribution is 2.08. The number of nitrogens with two attached hydrogens (primary N) is 1. The van der Waals surface area contributed by atoms with E-state index in [9.17, 15) is 0 Å². The number of aryl methyl sites for hydroxylation is 2. The molecule has 2 N–H and O–H groups in total. The molecule has 16 heavy (non-hydrogen) atoms. The van der Waals surface area contributed by atoms with Crippen molar-refractivity contribution in [2.45, 2.75) is 58.4 Å². The van der Waals surface area contributed by atoms with Crippen LogP contribution in [0.3, 0.4) is 0 Å². The second kappa shape index (κ2) is 8.34. The van der Waals surface area contributed by atoms with Crippen molar-refractivity contribution >= 4 is 0 Å². The molecule has 1 rings (SSSR count). The van der Waals surface area contributed by atoms with E-state index in [1.165, 1.54) is 37.9 Å². The predicted molar refractivity (Wildman–Crippen MR) is 68.4 cm³/mol. The van der Waals surface area contributed by atoms with Gasteiger partial charge in [-0.15, -0.1) is 0 Å². The molecule has 0 saturated carbocycles. The molecule has 0 aliphatic heterocycles. The Morgan fingerprint density at radius 1 is 1.19 bits per heavy atom. The Bertz CT molecular complexity index is 268. The molecule has 3 nitrogen and oxygen atoms in total. The molecule has 92 valence electrons. The summed E-state index contributed by atoms with van der Waals surface area (Å²) in [4.78, 5) is 4.41. The highest BCUT2D eigenvalue weighted by atomic mass is 15.1. The van der Waals surface area contributed by atoms with E-state index in [2.05, 4.69) is 22.7 Å². The first-order valence-corrected chi connectivity index (χ1v) is 6.58. The van der Waals surface area contributed by atoms with Crippen LogP contribution in [0, 0.1) is 0 Å². The van der Waals surface area contributed by atoms with Gasteiger partial charge < -0.3 is 10.3 Å². The molecular formula is C13H25N3. The summed E-state index contributed by atoms with van der Waals surface area (Å²) in [5.41, 5.74) is 5.52. The van der Waals surface area contributed by atoms with Crippen LogP contribution in [-0.2, 0) is 13.0 Å². The first-order chi connectivity index (χ1) is 7.88. The summed E-state index contributed by atoms with van der Waals surface area (Å²) in [7, 11) is 0. The fourth-order valence-corrected chi connectivity index (χ4v) is 1.92. The number of nitrogens with zero attached hydrogens (tertiary/aromatic N) is 2. The third-order valence-corrected chi connectivity index (χ3v) is 2.91. The van der Waals surface area contributed by atoms with Crippen LogP contribution in [-0.4, -0.2) is 16.1 Å². The quantitative estimate of drug-likeness (QED) is 0.654. The average molecular weight is 223 g/mol. The van der Waals surface area contributed by atoms with Gasteiger partial charge in [0.05, 0.1) is 0 Å². The van der Waals surface area contributed by atoms with Gasteiger partial charge in [-0.25, -0.2) is 4.98 Å². The molecule has 0 fully saturated rings. The van der Waals surface area contributed by atoms with Crippen LogP contribution in [0.25, 0.3) is 0 Å². The van der Waals surface area contributed by atoms with E-state index in [0.717, 1.165) is 25.9 Å². The summed E-state index contributed by atoms with van der Waals surface area (Å²) in [6, 6.07) is 0. The van der Waals surface area contributed by atoms with E-state index >= 15 is 0 Å². The smallest absolute Gasteiger partial charge is 0.108 e. The second-order valence-electron chi connectivity index (χ2n) is 4.34. The fraction of sp³-hybridized carbons (Fsp3) is 0.769. The first-order valence-electron chi connectivity index (χ1n) is 6.58. The van der Waals surface area contributed by atoms with Crippen molar-refractivity contribution in [2.24, 2.45) is 5.73 Å². The molecule has 1 aromatic heterocycles. The third kappa shape index (κ3) is 4.79. The molecule has 1 heterocycles. The standard InChI is InChI=1S/C13H25N3/c1-2-3-4-5-6-8-13-15-10-12-16(13)11-7-9-14/h10,12H,2-9,11,14H2,1H3. The lowest BCUT2D eigenvalue weighted by Crippen LogP contribution is -2.08. The minimum absolute atomic E-state index is 0.758. The summed E-state index contributed by atoms with van der Waals surface area (Å²) in [6.07, 6.45) is 12.7. The fourth-order valence-electron chi connectivity index (χ4n) is 1.92. The average Bonchev–Trinajstić information content (AvgIpc) is 2.74. The van der Waals surface area contributed by atoms with Crippen molar-refractivity contribution in [2.75, 3.05) is 6.54 Å². The van der Waals surface area contributed by atoms with E-state index in [1.807, 2.05) is 6.20 Å². The van der Waals surface area contributed by atoms with Gasteiger partial charge >= 0.3 is 0 Å². The van der Waals surface area contributed by atoms with Gasteiger partial charge in [-0.3, -0.25) is 0 Å². The molecule has 0 amide bonds. The molecule has 0 aliphatic carbocycles. The van der Waals surface area contributed by atoms with Crippen molar-refractivity contribution in [1.82, 2.24) is 9.55 Å². The van der Waals surface area contributed by atoms with E-state index in [0.29, 0.717) is 0 Å². The van der Waals surface area contributed by atoms with Crippen LogP contribution in [0.15, 0.2) is 12.4 Å². The summed E-state index contributed by atoms with van der Waals surface area (Å²) < 4.78 is 2.24. The largest absolute Gasteiger partial charge is 0.335 e. The lowest BCUT2D eigenvalue weighted by Gasteiger charge is -2.06. The SMILES string of the molecule is CCCCCCCc1nccn1CCCN. The normalized spacial score (nSPS) is 10.9. The zero-order valence-electron chi connectivity index (χ0n) is 10.5. The third-order valence-electron chi connectivity index (χ3n) is 2.91. The highest BCUT2D eigenvalue weighted by Gasteiger charge is 2.01. The van der Waals surface area contributed by atoms with Crippen molar-refractivity contribution in [1.29, 1.82) is 0 Å². The van der Waals surface area contributed by atoms with E-state index < -0.39 is 0 Å². The maximum Gasteiger partial charge on any atom is 0.108 e. The van der Waals surface area contributed by atoms with Crippen LogP contribution in [0.5, 0.6) is 0 Å². The molecule has 0 radical (unpaired) electrons. The number of hydrogen-bond acceptors (Lipinski definition) is 2. The summed E-state index contributed by atoms with van der Waals surface area (Å²) >= 11 is 0. The molecule has 0 bridgehead atoms. The molecule has 1 aromatic rings. The molecule has 0 aliphatic rings. The second-order valence-corrected chi connectivity index (χ2v) is 4.34. The summed E-state index contributed by atoms with van der Waals surface area (Å²) in [5.74, 6) is 1.23. The van der Waals surface area contributed by atoms with Gasteiger partial charge in [0.25, 0.3) is 0 Å². The van der Waals surface area contributed by atoms with Gasteiger partial charge in [0.15, 0.2) is 0 Å². The lowest BCUT2D eigenvalue weighted by molar-refractivity contribution is 0.580. The number of hydrogen-bond donors (Lipinski definition) is 1. The zero-order chi connectivity index (χ0) is 11.6. The minimum Gasteiger partial charge on any atom is -0.335 e. The van der Waals surface area contributed by atoms with Crippen LogP contribution in [0.4, 0.5) is 0 Å². The Labute approximate surface area is 99.1 Å². The Morgan fingerprint density at radius 2 is 2.00 bits per heavy atom. The van der Waals surface area contributed by atoms with Crippen LogP contribution >= 0.6 is 0 Å². The van der Waals surface area contributed by atoms with Gasteiger partial charge in [-0.2, -0.15) is 0 Å². The molecule has 0 aromatic carbocycles. The minimum atomic E-state index is 0.758.